The smallest absolute Gasteiger partial charge is 0.131 e. The highest BCUT2D eigenvalue weighted by atomic mass is 35.5. The van der Waals surface area contributed by atoms with Crippen LogP contribution in [0.4, 0.5) is 5.82 Å². The molecule has 80 valence electrons. The Balaban J connectivity index is 1.54. The second-order valence-electron chi connectivity index (χ2n) is 4.26. The Labute approximate surface area is 93.8 Å². The zero-order valence-electron chi connectivity index (χ0n) is 8.32. The lowest BCUT2D eigenvalue weighted by molar-refractivity contribution is 0.153. The molecule has 2 fully saturated rings. The first-order chi connectivity index (χ1) is 7.34. The van der Waals surface area contributed by atoms with Gasteiger partial charge in [0.05, 0.1) is 13.2 Å². The van der Waals surface area contributed by atoms with Crippen LogP contribution in [0, 0.1) is 17.8 Å². The number of ether oxygens (including phenoxy) is 1. The van der Waals surface area contributed by atoms with Crippen molar-refractivity contribution in [3.8, 4) is 0 Å². The Bertz CT molecular complexity index is 361. The zero-order chi connectivity index (χ0) is 10.3. The number of hydrogen-bond donors (Lipinski definition) is 1. The van der Waals surface area contributed by atoms with Gasteiger partial charge in [0.25, 0.3) is 0 Å². The molecule has 2 unspecified atom stereocenters. The summed E-state index contributed by atoms with van der Waals surface area (Å²) in [6, 6.07) is 5.64. The minimum absolute atomic E-state index is 0.541. The van der Waals surface area contributed by atoms with E-state index < -0.39 is 0 Å². The van der Waals surface area contributed by atoms with Crippen molar-refractivity contribution in [2.75, 3.05) is 25.1 Å². The number of nitrogens with zero attached hydrogens (tertiary/aromatic N) is 1. The van der Waals surface area contributed by atoms with Gasteiger partial charge in [0.2, 0.25) is 0 Å². The van der Waals surface area contributed by atoms with Gasteiger partial charge >= 0.3 is 0 Å². The number of rotatable bonds is 3. The first-order valence-electron chi connectivity index (χ1n) is 5.29. The Morgan fingerprint density at radius 1 is 1.40 bits per heavy atom. The summed E-state index contributed by atoms with van der Waals surface area (Å²) < 4.78 is 5.34. The van der Waals surface area contributed by atoms with Crippen LogP contribution in [-0.4, -0.2) is 24.7 Å². The van der Waals surface area contributed by atoms with Gasteiger partial charge in [0, 0.05) is 6.54 Å². The van der Waals surface area contributed by atoms with Crippen LogP contribution in [0.2, 0.25) is 5.15 Å². The van der Waals surface area contributed by atoms with Crippen molar-refractivity contribution < 1.29 is 4.74 Å². The summed E-state index contributed by atoms with van der Waals surface area (Å²) in [6.45, 7) is 2.88. The average Bonchev–Trinajstić information content (AvgIpc) is 2.69. The number of fused-ring (bicyclic) bond motifs is 1. The number of hydrogen-bond acceptors (Lipinski definition) is 3. The van der Waals surface area contributed by atoms with E-state index in [1.165, 1.54) is 0 Å². The minimum atomic E-state index is 0.541. The average molecular weight is 225 g/mol. The first kappa shape index (κ1) is 9.43. The van der Waals surface area contributed by atoms with Crippen LogP contribution in [-0.2, 0) is 4.74 Å². The maximum Gasteiger partial charge on any atom is 0.131 e. The molecule has 4 heteroatoms. The van der Waals surface area contributed by atoms with Gasteiger partial charge in [-0.3, -0.25) is 0 Å². The molecule has 15 heavy (non-hydrogen) atoms. The summed E-state index contributed by atoms with van der Waals surface area (Å²) in [5.41, 5.74) is 0. The molecule has 2 aliphatic rings. The fourth-order valence-electron chi connectivity index (χ4n) is 2.39. The lowest BCUT2D eigenvalue weighted by Crippen LogP contribution is -2.10. The molecule has 3 nitrogen and oxygen atoms in total. The standard InChI is InChI=1S/C11H13ClN2O/c12-10-2-1-3-11(14-10)13-4-7-8-5-15-6-9(7)8/h1-3,7-9H,4-6H2,(H,13,14). The molecule has 1 saturated carbocycles. The van der Waals surface area contributed by atoms with Crippen LogP contribution in [0.1, 0.15) is 0 Å². The number of pyridine rings is 1. The van der Waals surface area contributed by atoms with Gasteiger partial charge in [0.15, 0.2) is 0 Å². The van der Waals surface area contributed by atoms with Gasteiger partial charge in [0.1, 0.15) is 11.0 Å². The van der Waals surface area contributed by atoms with Gasteiger partial charge in [-0.25, -0.2) is 4.98 Å². The van der Waals surface area contributed by atoms with E-state index >= 15 is 0 Å². The molecule has 0 spiro atoms. The molecule has 0 aromatic carbocycles. The van der Waals surface area contributed by atoms with Crippen LogP contribution in [0.15, 0.2) is 18.2 Å². The van der Waals surface area contributed by atoms with Crippen molar-refractivity contribution in [1.82, 2.24) is 4.98 Å². The van der Waals surface area contributed by atoms with E-state index in [0.717, 1.165) is 43.3 Å². The lowest BCUT2D eigenvalue weighted by atomic mass is 10.3. The van der Waals surface area contributed by atoms with Crippen LogP contribution >= 0.6 is 11.6 Å². The highest BCUT2D eigenvalue weighted by Gasteiger charge is 2.53. The summed E-state index contributed by atoms with van der Waals surface area (Å²) in [7, 11) is 0. The second-order valence-corrected chi connectivity index (χ2v) is 4.64. The third-order valence-corrected chi connectivity index (χ3v) is 3.57. The van der Waals surface area contributed by atoms with E-state index in [0.29, 0.717) is 5.15 Å². The summed E-state index contributed by atoms with van der Waals surface area (Å²) in [4.78, 5) is 4.19. The van der Waals surface area contributed by atoms with Gasteiger partial charge in [-0.2, -0.15) is 0 Å². The van der Waals surface area contributed by atoms with E-state index in [4.69, 9.17) is 16.3 Å². The molecule has 1 aliphatic carbocycles. The molecule has 0 radical (unpaired) electrons. The molecule has 1 saturated heterocycles. The molecule has 1 N–H and O–H groups in total. The molecular weight excluding hydrogens is 212 g/mol. The third-order valence-electron chi connectivity index (χ3n) is 3.36. The van der Waals surface area contributed by atoms with Gasteiger partial charge in [-0.1, -0.05) is 17.7 Å². The summed E-state index contributed by atoms with van der Waals surface area (Å²) in [6.07, 6.45) is 0. The summed E-state index contributed by atoms with van der Waals surface area (Å²) >= 11 is 5.80. The molecule has 1 aromatic heterocycles. The van der Waals surface area contributed by atoms with E-state index in [2.05, 4.69) is 10.3 Å². The largest absolute Gasteiger partial charge is 0.381 e. The molecule has 2 heterocycles. The maximum absolute atomic E-state index is 5.80. The van der Waals surface area contributed by atoms with E-state index in [-0.39, 0.29) is 0 Å². The molecular formula is C11H13ClN2O. The molecule has 3 rings (SSSR count). The van der Waals surface area contributed by atoms with Crippen molar-refractivity contribution >= 4 is 17.4 Å². The fraction of sp³-hybridized carbons (Fsp3) is 0.545. The Morgan fingerprint density at radius 3 is 2.93 bits per heavy atom. The second kappa shape index (κ2) is 3.65. The van der Waals surface area contributed by atoms with Crippen LogP contribution in [0.3, 0.4) is 0 Å². The van der Waals surface area contributed by atoms with Crippen LogP contribution in [0.25, 0.3) is 0 Å². The summed E-state index contributed by atoms with van der Waals surface area (Å²) in [5.74, 6) is 3.22. The van der Waals surface area contributed by atoms with E-state index in [1.807, 2.05) is 12.1 Å². The maximum atomic E-state index is 5.80. The van der Waals surface area contributed by atoms with Gasteiger partial charge in [-0.15, -0.1) is 0 Å². The number of aromatic nitrogens is 1. The normalized spacial score (nSPS) is 32.5. The van der Waals surface area contributed by atoms with Gasteiger partial charge < -0.3 is 10.1 Å². The monoisotopic (exact) mass is 224 g/mol. The van der Waals surface area contributed by atoms with Crippen molar-refractivity contribution in [3.05, 3.63) is 23.4 Å². The van der Waals surface area contributed by atoms with Crippen molar-refractivity contribution in [2.45, 2.75) is 0 Å². The van der Waals surface area contributed by atoms with E-state index in [9.17, 15) is 0 Å². The highest BCUT2D eigenvalue weighted by Crippen LogP contribution is 2.50. The quantitative estimate of drug-likeness (QED) is 0.798. The van der Waals surface area contributed by atoms with Crippen molar-refractivity contribution in [1.29, 1.82) is 0 Å². The van der Waals surface area contributed by atoms with Crippen molar-refractivity contribution in [2.24, 2.45) is 17.8 Å². The topological polar surface area (TPSA) is 34.1 Å². The first-order valence-corrected chi connectivity index (χ1v) is 5.66. The predicted molar refractivity (Wildman–Crippen MR) is 59.0 cm³/mol. The minimum Gasteiger partial charge on any atom is -0.381 e. The molecule has 0 amide bonds. The third kappa shape index (κ3) is 1.82. The molecule has 1 aliphatic heterocycles. The zero-order valence-corrected chi connectivity index (χ0v) is 9.07. The number of halogens is 1. The highest BCUT2D eigenvalue weighted by molar-refractivity contribution is 6.29. The Hall–Kier alpha value is -0.800. The fourth-order valence-corrected chi connectivity index (χ4v) is 2.55. The van der Waals surface area contributed by atoms with E-state index in [1.54, 1.807) is 6.07 Å². The van der Waals surface area contributed by atoms with Crippen LogP contribution in [0.5, 0.6) is 0 Å². The SMILES string of the molecule is Clc1cccc(NCC2C3COCC23)n1. The Kier molecular flexibility index (Phi) is 2.29. The Morgan fingerprint density at radius 2 is 2.20 bits per heavy atom. The molecule has 0 bridgehead atoms. The lowest BCUT2D eigenvalue weighted by Gasteiger charge is -2.07. The number of nitrogens with one attached hydrogen (secondary N) is 1. The predicted octanol–water partition coefficient (Wildman–Crippen LogP) is 2.04. The van der Waals surface area contributed by atoms with Gasteiger partial charge in [-0.05, 0) is 29.9 Å². The summed E-state index contributed by atoms with van der Waals surface area (Å²) in [5, 5.41) is 3.87. The number of anilines is 1. The van der Waals surface area contributed by atoms with Crippen LogP contribution < -0.4 is 5.32 Å². The molecule has 1 aromatic rings. The van der Waals surface area contributed by atoms with Crippen molar-refractivity contribution in [3.63, 3.8) is 0 Å². The molecule has 2 atom stereocenters.